The van der Waals surface area contributed by atoms with Crippen LogP contribution >= 0.6 is 22.6 Å². The molecule has 0 atom stereocenters. The van der Waals surface area contributed by atoms with E-state index in [0.717, 1.165) is 25.9 Å². The number of benzene rings is 1. The van der Waals surface area contributed by atoms with Gasteiger partial charge in [0.15, 0.2) is 0 Å². The van der Waals surface area contributed by atoms with E-state index >= 15 is 0 Å². The van der Waals surface area contributed by atoms with Gasteiger partial charge in [0.1, 0.15) is 0 Å². The zero-order valence-electron chi connectivity index (χ0n) is 13.0. The quantitative estimate of drug-likeness (QED) is 0.788. The van der Waals surface area contributed by atoms with Crippen molar-refractivity contribution in [3.8, 4) is 0 Å². The molecule has 1 fully saturated rings. The first-order chi connectivity index (χ1) is 9.95. The van der Waals surface area contributed by atoms with Crippen molar-refractivity contribution in [2.75, 3.05) is 39.0 Å². The summed E-state index contributed by atoms with van der Waals surface area (Å²) in [5, 5.41) is 3.62. The monoisotopic (exact) mass is 401 g/mol. The third-order valence-corrected chi connectivity index (χ3v) is 5.15. The van der Waals surface area contributed by atoms with E-state index in [1.807, 2.05) is 14.1 Å². The van der Waals surface area contributed by atoms with E-state index in [1.165, 1.54) is 14.8 Å². The number of amides is 1. The number of carbonyl (C=O) groups excluding carboxylic acids is 1. The molecule has 1 aromatic carbocycles. The van der Waals surface area contributed by atoms with E-state index in [-0.39, 0.29) is 5.91 Å². The number of aryl methyl sites for hydroxylation is 1. The van der Waals surface area contributed by atoms with Crippen LogP contribution in [0.2, 0.25) is 0 Å². The maximum Gasteiger partial charge on any atom is 0.236 e. The molecule has 1 heterocycles. The Hall–Kier alpha value is -0.820. The van der Waals surface area contributed by atoms with Crippen LogP contribution in [-0.4, -0.2) is 55.5 Å². The number of hydrogen-bond acceptors (Lipinski definition) is 3. The average molecular weight is 401 g/mol. The van der Waals surface area contributed by atoms with Crippen LogP contribution in [0.15, 0.2) is 18.2 Å². The number of hydrogen-bond donors (Lipinski definition) is 1. The lowest BCUT2D eigenvalue weighted by atomic mass is 10.0. The topological polar surface area (TPSA) is 35.6 Å². The molecule has 1 aromatic rings. The molecule has 4 nitrogen and oxygen atoms in total. The molecular weight excluding hydrogens is 377 g/mol. The first-order valence-electron chi connectivity index (χ1n) is 7.41. The largest absolute Gasteiger partial charge is 0.382 e. The Morgan fingerprint density at radius 3 is 2.62 bits per heavy atom. The number of rotatable bonds is 4. The fraction of sp³-hybridized carbons (Fsp3) is 0.562. The van der Waals surface area contributed by atoms with Crippen LogP contribution in [0.3, 0.4) is 0 Å². The molecule has 0 radical (unpaired) electrons. The van der Waals surface area contributed by atoms with Crippen LogP contribution < -0.4 is 5.32 Å². The van der Waals surface area contributed by atoms with Crippen LogP contribution in [0, 0.1) is 10.5 Å². The van der Waals surface area contributed by atoms with Gasteiger partial charge in [0.05, 0.1) is 6.54 Å². The summed E-state index contributed by atoms with van der Waals surface area (Å²) in [6.07, 6.45) is 2.18. The molecule has 0 saturated carbocycles. The fourth-order valence-corrected chi connectivity index (χ4v) is 3.00. The van der Waals surface area contributed by atoms with Gasteiger partial charge in [-0.05, 0) is 60.1 Å². The van der Waals surface area contributed by atoms with Crippen molar-refractivity contribution in [1.82, 2.24) is 9.80 Å². The number of piperidine rings is 1. The zero-order chi connectivity index (χ0) is 15.4. The summed E-state index contributed by atoms with van der Waals surface area (Å²) < 4.78 is 1.30. The second-order valence-corrected chi connectivity index (χ2v) is 7.11. The normalized spacial score (nSPS) is 16.8. The van der Waals surface area contributed by atoms with Gasteiger partial charge in [0, 0.05) is 42.5 Å². The van der Waals surface area contributed by atoms with Crippen molar-refractivity contribution in [3.63, 3.8) is 0 Å². The lowest BCUT2D eigenvalue weighted by Crippen LogP contribution is -2.43. The predicted octanol–water partition coefficient (Wildman–Crippen LogP) is 2.56. The lowest BCUT2D eigenvalue weighted by molar-refractivity contribution is -0.130. The molecule has 1 N–H and O–H groups in total. The summed E-state index contributed by atoms with van der Waals surface area (Å²) in [4.78, 5) is 15.6. The molecule has 1 saturated heterocycles. The third kappa shape index (κ3) is 4.85. The van der Waals surface area contributed by atoms with Gasteiger partial charge in [-0.3, -0.25) is 9.69 Å². The number of likely N-dealkylation sites (N-methyl/N-ethyl adjacent to an activating group) is 1. The van der Waals surface area contributed by atoms with Crippen LogP contribution in [0.25, 0.3) is 0 Å². The molecule has 116 valence electrons. The number of nitrogens with zero attached hydrogens (tertiary/aromatic N) is 2. The summed E-state index contributed by atoms with van der Waals surface area (Å²) in [7, 11) is 3.63. The first-order valence-corrected chi connectivity index (χ1v) is 8.49. The maximum absolute atomic E-state index is 11.7. The predicted molar refractivity (Wildman–Crippen MR) is 95.7 cm³/mol. The Balaban J connectivity index is 1.81. The average Bonchev–Trinajstić information content (AvgIpc) is 2.45. The Kier molecular flexibility index (Phi) is 5.87. The molecule has 2 rings (SSSR count). The molecule has 5 heteroatoms. The number of halogens is 1. The Labute approximate surface area is 141 Å². The molecule has 0 aliphatic carbocycles. The first kappa shape index (κ1) is 16.5. The van der Waals surface area contributed by atoms with Crippen molar-refractivity contribution in [1.29, 1.82) is 0 Å². The summed E-state index contributed by atoms with van der Waals surface area (Å²) in [6, 6.07) is 7.03. The maximum atomic E-state index is 11.7. The summed E-state index contributed by atoms with van der Waals surface area (Å²) in [5.41, 5.74) is 2.52. The zero-order valence-corrected chi connectivity index (χ0v) is 15.2. The van der Waals surface area contributed by atoms with Crippen molar-refractivity contribution in [2.45, 2.75) is 25.8 Å². The third-order valence-electron chi connectivity index (χ3n) is 3.99. The lowest BCUT2D eigenvalue weighted by Gasteiger charge is -2.33. The van der Waals surface area contributed by atoms with Gasteiger partial charge in [0.2, 0.25) is 5.91 Å². The Bertz CT molecular complexity index is 496. The van der Waals surface area contributed by atoms with Gasteiger partial charge in [-0.2, -0.15) is 0 Å². The molecule has 0 aromatic heterocycles. The van der Waals surface area contributed by atoms with Gasteiger partial charge in [-0.25, -0.2) is 0 Å². The highest BCUT2D eigenvalue weighted by Gasteiger charge is 2.21. The van der Waals surface area contributed by atoms with Gasteiger partial charge in [0.25, 0.3) is 0 Å². The van der Waals surface area contributed by atoms with Crippen LogP contribution in [0.5, 0.6) is 0 Å². The SMILES string of the molecule is Cc1ccc(NC2CCN(CC(=O)N(C)C)CC2)cc1I. The minimum Gasteiger partial charge on any atom is -0.382 e. The Morgan fingerprint density at radius 1 is 1.38 bits per heavy atom. The van der Waals surface area contributed by atoms with Crippen molar-refractivity contribution >= 4 is 34.2 Å². The van der Waals surface area contributed by atoms with E-state index < -0.39 is 0 Å². The molecule has 1 aliphatic rings. The van der Waals surface area contributed by atoms with Crippen molar-refractivity contribution in [3.05, 3.63) is 27.3 Å². The number of carbonyl (C=O) groups is 1. The molecule has 1 amide bonds. The van der Waals surface area contributed by atoms with E-state index in [1.54, 1.807) is 4.90 Å². The van der Waals surface area contributed by atoms with Crippen molar-refractivity contribution < 1.29 is 4.79 Å². The van der Waals surface area contributed by atoms with E-state index in [0.29, 0.717) is 12.6 Å². The Morgan fingerprint density at radius 2 is 2.05 bits per heavy atom. The highest BCUT2D eigenvalue weighted by Crippen LogP contribution is 2.20. The fourth-order valence-electron chi connectivity index (χ4n) is 2.49. The molecule has 0 spiro atoms. The number of nitrogens with one attached hydrogen (secondary N) is 1. The van der Waals surface area contributed by atoms with Crippen molar-refractivity contribution in [2.24, 2.45) is 0 Å². The highest BCUT2D eigenvalue weighted by molar-refractivity contribution is 14.1. The van der Waals surface area contributed by atoms with Gasteiger partial charge in [-0.15, -0.1) is 0 Å². The van der Waals surface area contributed by atoms with E-state index in [4.69, 9.17) is 0 Å². The van der Waals surface area contributed by atoms with E-state index in [9.17, 15) is 4.79 Å². The molecular formula is C16H24IN3O. The van der Waals surface area contributed by atoms with Crippen LogP contribution in [0.1, 0.15) is 18.4 Å². The van der Waals surface area contributed by atoms with Crippen LogP contribution in [-0.2, 0) is 4.79 Å². The van der Waals surface area contributed by atoms with Crippen LogP contribution in [0.4, 0.5) is 5.69 Å². The summed E-state index contributed by atoms with van der Waals surface area (Å²) in [5.74, 6) is 0.189. The summed E-state index contributed by atoms with van der Waals surface area (Å²) >= 11 is 2.38. The standard InChI is InChI=1S/C16H24IN3O/c1-12-4-5-14(10-15(12)17)18-13-6-8-20(9-7-13)11-16(21)19(2)3/h4-5,10,13,18H,6-9,11H2,1-3H3. The van der Waals surface area contributed by atoms with Gasteiger partial charge < -0.3 is 10.2 Å². The molecule has 21 heavy (non-hydrogen) atoms. The van der Waals surface area contributed by atoms with E-state index in [2.05, 4.69) is 57.9 Å². The second-order valence-electron chi connectivity index (χ2n) is 5.95. The highest BCUT2D eigenvalue weighted by atomic mass is 127. The van der Waals surface area contributed by atoms with Gasteiger partial charge >= 0.3 is 0 Å². The number of anilines is 1. The second kappa shape index (κ2) is 7.45. The number of likely N-dealkylation sites (tertiary alicyclic amines) is 1. The minimum absolute atomic E-state index is 0.189. The van der Waals surface area contributed by atoms with Gasteiger partial charge in [-0.1, -0.05) is 6.07 Å². The molecule has 0 bridgehead atoms. The smallest absolute Gasteiger partial charge is 0.236 e. The molecule has 0 unspecified atom stereocenters. The molecule has 1 aliphatic heterocycles. The summed E-state index contributed by atoms with van der Waals surface area (Å²) in [6.45, 7) is 4.65. The minimum atomic E-state index is 0.189.